The molecule has 0 aliphatic carbocycles. The highest BCUT2D eigenvalue weighted by atomic mass is 32.1. The van der Waals surface area contributed by atoms with Crippen molar-refractivity contribution in [1.29, 1.82) is 0 Å². The zero-order chi connectivity index (χ0) is 6.81. The van der Waals surface area contributed by atoms with Crippen LogP contribution >= 0.6 is 22.7 Å². The summed E-state index contributed by atoms with van der Waals surface area (Å²) in [6, 6.07) is 6.27. The van der Waals surface area contributed by atoms with Crippen molar-refractivity contribution >= 4 is 22.7 Å². The average molecular weight is 165 g/mol. The lowest BCUT2D eigenvalue weighted by molar-refractivity contribution is 1.88. The van der Waals surface area contributed by atoms with Crippen LogP contribution in [0.5, 0.6) is 0 Å². The summed E-state index contributed by atoms with van der Waals surface area (Å²) in [7, 11) is 0. The van der Waals surface area contributed by atoms with Crippen molar-refractivity contribution in [2.75, 3.05) is 0 Å². The summed E-state index contributed by atoms with van der Waals surface area (Å²) >= 11 is 3.38. The van der Waals surface area contributed by atoms with E-state index in [9.17, 15) is 0 Å². The molecule has 0 saturated heterocycles. The molecule has 2 aromatic rings. The van der Waals surface area contributed by atoms with E-state index >= 15 is 0 Å². The topological polar surface area (TPSA) is 0 Å². The summed E-state index contributed by atoms with van der Waals surface area (Å²) in [6.07, 6.45) is 0. The molecule has 2 aromatic heterocycles. The van der Waals surface area contributed by atoms with Gasteiger partial charge in [0.2, 0.25) is 0 Å². The first-order valence-corrected chi connectivity index (χ1v) is 4.72. The quantitative estimate of drug-likeness (QED) is 0.608. The molecule has 0 fully saturated rings. The van der Waals surface area contributed by atoms with Crippen LogP contribution in [0, 0.1) is 5.38 Å². The molecule has 0 nitrogen and oxygen atoms in total. The summed E-state index contributed by atoms with van der Waals surface area (Å²) in [5.41, 5.74) is 1.22. The molecular formula is C8H5S2. The molecule has 0 amide bonds. The van der Waals surface area contributed by atoms with Gasteiger partial charge in [0, 0.05) is 10.4 Å². The van der Waals surface area contributed by atoms with Crippen LogP contribution in [-0.4, -0.2) is 0 Å². The summed E-state index contributed by atoms with van der Waals surface area (Å²) in [4.78, 5) is 1.31. The number of hydrogen-bond acceptors (Lipinski definition) is 2. The Morgan fingerprint density at radius 2 is 2.20 bits per heavy atom. The molecule has 0 aliphatic heterocycles. The van der Waals surface area contributed by atoms with Crippen molar-refractivity contribution < 1.29 is 0 Å². The Morgan fingerprint density at radius 3 is 2.80 bits per heavy atom. The van der Waals surface area contributed by atoms with Crippen LogP contribution in [0.15, 0.2) is 29.0 Å². The van der Waals surface area contributed by atoms with Gasteiger partial charge in [0.05, 0.1) is 5.38 Å². The van der Waals surface area contributed by atoms with Gasteiger partial charge in [-0.15, -0.1) is 22.7 Å². The maximum atomic E-state index is 3.19. The Kier molecular flexibility index (Phi) is 1.57. The molecule has 0 bridgehead atoms. The van der Waals surface area contributed by atoms with Crippen LogP contribution in [0.25, 0.3) is 10.4 Å². The van der Waals surface area contributed by atoms with Crippen LogP contribution in [-0.2, 0) is 0 Å². The first-order chi connectivity index (χ1) is 4.97. The molecular weight excluding hydrogens is 160 g/mol. The van der Waals surface area contributed by atoms with Crippen LogP contribution < -0.4 is 0 Å². The second kappa shape index (κ2) is 2.56. The predicted molar refractivity (Wildman–Crippen MR) is 46.5 cm³/mol. The first kappa shape index (κ1) is 6.13. The minimum atomic E-state index is 1.22. The average Bonchev–Trinajstić information content (AvgIpc) is 2.59. The summed E-state index contributed by atoms with van der Waals surface area (Å²) in [5, 5.41) is 7.33. The highest BCUT2D eigenvalue weighted by Gasteiger charge is 1.96. The van der Waals surface area contributed by atoms with E-state index in [0.29, 0.717) is 0 Å². The molecule has 0 N–H and O–H groups in total. The van der Waals surface area contributed by atoms with Crippen molar-refractivity contribution in [3.8, 4) is 10.4 Å². The highest BCUT2D eigenvalue weighted by molar-refractivity contribution is 7.14. The molecule has 0 spiro atoms. The van der Waals surface area contributed by atoms with Gasteiger partial charge in [-0.1, -0.05) is 6.07 Å². The van der Waals surface area contributed by atoms with E-state index in [1.54, 1.807) is 22.7 Å². The van der Waals surface area contributed by atoms with Crippen molar-refractivity contribution in [2.24, 2.45) is 0 Å². The summed E-state index contributed by atoms with van der Waals surface area (Å²) < 4.78 is 0. The lowest BCUT2D eigenvalue weighted by atomic mass is 10.3. The number of hydrogen-bond donors (Lipinski definition) is 0. The van der Waals surface area contributed by atoms with Gasteiger partial charge in [-0.05, 0) is 22.9 Å². The Bertz CT molecular complexity index is 247. The van der Waals surface area contributed by atoms with Crippen molar-refractivity contribution in [3.63, 3.8) is 0 Å². The van der Waals surface area contributed by atoms with Gasteiger partial charge < -0.3 is 0 Å². The van der Waals surface area contributed by atoms with Crippen LogP contribution in [0.3, 0.4) is 0 Å². The molecule has 2 heteroatoms. The molecule has 0 aromatic carbocycles. The van der Waals surface area contributed by atoms with Gasteiger partial charge in [-0.3, -0.25) is 0 Å². The molecule has 0 unspecified atom stereocenters. The number of thiophene rings is 2. The fraction of sp³-hybridized carbons (Fsp3) is 0. The molecule has 49 valence electrons. The second-order valence-electron chi connectivity index (χ2n) is 1.91. The van der Waals surface area contributed by atoms with E-state index in [4.69, 9.17) is 0 Å². The fourth-order valence-corrected chi connectivity index (χ4v) is 2.15. The highest BCUT2D eigenvalue weighted by Crippen LogP contribution is 2.25. The third-order valence-corrected chi connectivity index (χ3v) is 2.77. The molecule has 0 aliphatic rings. The maximum Gasteiger partial charge on any atom is 0.0535 e. The van der Waals surface area contributed by atoms with E-state index < -0.39 is 0 Å². The second-order valence-corrected chi connectivity index (χ2v) is 3.57. The zero-order valence-corrected chi connectivity index (χ0v) is 6.84. The van der Waals surface area contributed by atoms with Gasteiger partial charge in [-0.25, -0.2) is 0 Å². The van der Waals surface area contributed by atoms with Crippen molar-refractivity contribution in [2.45, 2.75) is 0 Å². The molecule has 10 heavy (non-hydrogen) atoms. The van der Waals surface area contributed by atoms with Crippen LogP contribution in [0.2, 0.25) is 0 Å². The van der Waals surface area contributed by atoms with Gasteiger partial charge in [0.15, 0.2) is 0 Å². The Morgan fingerprint density at radius 1 is 1.20 bits per heavy atom. The SMILES string of the molecule is [c]1sccc1-c1cccs1. The monoisotopic (exact) mass is 165 g/mol. The molecule has 0 saturated carbocycles. The maximum absolute atomic E-state index is 3.19. The predicted octanol–water partition coefficient (Wildman–Crippen LogP) is 3.28. The minimum absolute atomic E-state index is 1.22. The summed E-state index contributed by atoms with van der Waals surface area (Å²) in [6.45, 7) is 0. The van der Waals surface area contributed by atoms with Gasteiger partial charge >= 0.3 is 0 Å². The molecule has 2 rings (SSSR count). The third kappa shape index (κ3) is 1.00. The molecule has 2 heterocycles. The van der Waals surface area contributed by atoms with Gasteiger partial charge in [0.25, 0.3) is 0 Å². The van der Waals surface area contributed by atoms with E-state index in [-0.39, 0.29) is 0 Å². The van der Waals surface area contributed by atoms with Crippen LogP contribution in [0.1, 0.15) is 0 Å². The Labute approximate surface area is 67.8 Å². The van der Waals surface area contributed by atoms with Gasteiger partial charge in [-0.2, -0.15) is 0 Å². The zero-order valence-electron chi connectivity index (χ0n) is 5.20. The fourth-order valence-electron chi connectivity index (χ4n) is 0.798. The van der Waals surface area contributed by atoms with Crippen molar-refractivity contribution in [1.82, 2.24) is 0 Å². The lowest BCUT2D eigenvalue weighted by Gasteiger charge is -1.84. The smallest absolute Gasteiger partial charge is 0.0535 e. The minimum Gasteiger partial charge on any atom is -0.144 e. The normalized spacial score (nSPS) is 10.0. The largest absolute Gasteiger partial charge is 0.144 e. The van der Waals surface area contributed by atoms with Crippen molar-refractivity contribution in [3.05, 3.63) is 34.3 Å². The lowest BCUT2D eigenvalue weighted by Crippen LogP contribution is -1.58. The van der Waals surface area contributed by atoms with E-state index in [1.807, 2.05) is 0 Å². The van der Waals surface area contributed by atoms with E-state index in [2.05, 4.69) is 34.3 Å². The van der Waals surface area contributed by atoms with Gasteiger partial charge in [0.1, 0.15) is 0 Å². The number of rotatable bonds is 1. The first-order valence-electron chi connectivity index (χ1n) is 2.96. The van der Waals surface area contributed by atoms with E-state index in [0.717, 1.165) is 0 Å². The molecule has 0 atom stereocenters. The Hall–Kier alpha value is -0.600. The van der Waals surface area contributed by atoms with Crippen LogP contribution in [0.4, 0.5) is 0 Å². The summed E-state index contributed by atoms with van der Waals surface area (Å²) in [5.74, 6) is 0. The van der Waals surface area contributed by atoms with E-state index in [1.165, 1.54) is 10.4 Å². The Balaban J connectivity index is 2.48. The molecule has 1 radical (unpaired) electrons. The third-order valence-electron chi connectivity index (χ3n) is 1.26. The standard InChI is InChI=1S/C8H5S2/c1-2-8(10-4-1)7-3-5-9-6-7/h1-5H.